The number of rotatable bonds is 4. The highest BCUT2D eigenvalue weighted by Gasteiger charge is 2.24. The maximum atomic E-state index is 13.2. The molecule has 0 radical (unpaired) electrons. The zero-order valence-electron chi connectivity index (χ0n) is 12.6. The second-order valence-electron chi connectivity index (χ2n) is 5.81. The van der Waals surface area contributed by atoms with Crippen LogP contribution in [0.1, 0.15) is 31.9 Å². The van der Waals surface area contributed by atoms with Gasteiger partial charge < -0.3 is 15.2 Å². The SMILES string of the molecule is Cc1ccc(F)cc1CC(NC(=O)OC(C)(C)C)C(=O)O. The van der Waals surface area contributed by atoms with Crippen LogP contribution in [0, 0.1) is 12.7 Å². The minimum Gasteiger partial charge on any atom is -0.480 e. The van der Waals surface area contributed by atoms with Crippen molar-refractivity contribution in [2.24, 2.45) is 0 Å². The molecule has 1 aromatic carbocycles. The van der Waals surface area contributed by atoms with Gasteiger partial charge in [-0.3, -0.25) is 0 Å². The molecule has 0 saturated heterocycles. The van der Waals surface area contributed by atoms with Gasteiger partial charge in [0, 0.05) is 6.42 Å². The Hall–Kier alpha value is -2.11. The van der Waals surface area contributed by atoms with E-state index in [1.54, 1.807) is 33.8 Å². The first kappa shape index (κ1) is 16.9. The molecule has 1 unspecified atom stereocenters. The van der Waals surface area contributed by atoms with Crippen LogP contribution in [0.4, 0.5) is 9.18 Å². The number of carbonyl (C=O) groups excluding carboxylic acids is 1. The number of halogens is 1. The van der Waals surface area contributed by atoms with E-state index in [1.165, 1.54) is 12.1 Å². The lowest BCUT2D eigenvalue weighted by Gasteiger charge is -2.22. The third-order valence-electron chi connectivity index (χ3n) is 2.72. The van der Waals surface area contributed by atoms with Crippen LogP contribution in [-0.2, 0) is 16.0 Å². The Kier molecular flexibility index (Phi) is 5.29. The molecule has 6 heteroatoms. The Balaban J connectivity index is 2.81. The van der Waals surface area contributed by atoms with Crippen LogP contribution in [0.3, 0.4) is 0 Å². The number of nitrogens with one attached hydrogen (secondary N) is 1. The van der Waals surface area contributed by atoms with Crippen LogP contribution in [-0.4, -0.2) is 28.8 Å². The second kappa shape index (κ2) is 6.56. The fourth-order valence-electron chi connectivity index (χ4n) is 1.73. The molecule has 0 aliphatic carbocycles. The molecule has 0 aliphatic rings. The van der Waals surface area contributed by atoms with Gasteiger partial charge in [0.15, 0.2) is 0 Å². The van der Waals surface area contributed by atoms with Crippen LogP contribution < -0.4 is 5.32 Å². The Morgan fingerprint density at radius 1 is 1.38 bits per heavy atom. The number of carboxylic acid groups (broad SMARTS) is 1. The predicted octanol–water partition coefficient (Wildman–Crippen LogP) is 2.65. The van der Waals surface area contributed by atoms with Gasteiger partial charge in [-0.15, -0.1) is 0 Å². The number of benzene rings is 1. The minimum absolute atomic E-state index is 0.0157. The first-order valence-corrected chi connectivity index (χ1v) is 6.56. The van der Waals surface area contributed by atoms with Gasteiger partial charge in [-0.25, -0.2) is 14.0 Å². The number of hydrogen-bond acceptors (Lipinski definition) is 3. The number of ether oxygens (including phenoxy) is 1. The van der Waals surface area contributed by atoms with Crippen molar-refractivity contribution >= 4 is 12.1 Å². The molecule has 0 heterocycles. The van der Waals surface area contributed by atoms with E-state index in [0.717, 1.165) is 5.56 Å². The van der Waals surface area contributed by atoms with Gasteiger partial charge in [0.25, 0.3) is 0 Å². The lowest BCUT2D eigenvalue weighted by atomic mass is 10.0. The zero-order valence-corrected chi connectivity index (χ0v) is 12.6. The molecule has 0 spiro atoms. The lowest BCUT2D eigenvalue weighted by molar-refractivity contribution is -0.139. The van der Waals surface area contributed by atoms with Crippen LogP contribution in [0.2, 0.25) is 0 Å². The molecule has 21 heavy (non-hydrogen) atoms. The third kappa shape index (κ3) is 5.81. The van der Waals surface area contributed by atoms with Gasteiger partial charge in [0.2, 0.25) is 0 Å². The van der Waals surface area contributed by atoms with Crippen molar-refractivity contribution in [3.05, 3.63) is 35.1 Å². The van der Waals surface area contributed by atoms with E-state index in [-0.39, 0.29) is 6.42 Å². The van der Waals surface area contributed by atoms with Gasteiger partial charge in [-0.05, 0) is 51.0 Å². The number of carbonyl (C=O) groups is 2. The summed E-state index contributed by atoms with van der Waals surface area (Å²) in [4.78, 5) is 22.9. The molecular formula is C15H20FNO4. The Bertz CT molecular complexity index is 537. The van der Waals surface area contributed by atoms with Crippen molar-refractivity contribution in [2.75, 3.05) is 0 Å². The van der Waals surface area contributed by atoms with Gasteiger partial charge in [-0.2, -0.15) is 0 Å². The Morgan fingerprint density at radius 2 is 2.00 bits per heavy atom. The zero-order chi connectivity index (χ0) is 16.2. The third-order valence-corrected chi connectivity index (χ3v) is 2.72. The molecule has 0 fully saturated rings. The highest BCUT2D eigenvalue weighted by molar-refractivity contribution is 5.80. The molecule has 1 atom stereocenters. The van der Waals surface area contributed by atoms with E-state index in [1.807, 2.05) is 0 Å². The number of aliphatic carboxylic acids is 1. The minimum atomic E-state index is -1.20. The van der Waals surface area contributed by atoms with E-state index in [0.29, 0.717) is 5.56 Å². The smallest absolute Gasteiger partial charge is 0.408 e. The van der Waals surface area contributed by atoms with Crippen LogP contribution in [0.25, 0.3) is 0 Å². The van der Waals surface area contributed by atoms with Crippen molar-refractivity contribution in [2.45, 2.75) is 45.8 Å². The largest absolute Gasteiger partial charge is 0.480 e. The maximum absolute atomic E-state index is 13.2. The molecule has 5 nitrogen and oxygen atoms in total. The summed E-state index contributed by atoms with van der Waals surface area (Å²) in [6.07, 6.45) is -0.831. The highest BCUT2D eigenvalue weighted by Crippen LogP contribution is 2.13. The van der Waals surface area contributed by atoms with Crippen molar-refractivity contribution in [3.8, 4) is 0 Å². The molecule has 0 saturated carbocycles. The molecule has 116 valence electrons. The van der Waals surface area contributed by atoms with E-state index < -0.39 is 29.5 Å². The number of hydrogen-bond donors (Lipinski definition) is 2. The van der Waals surface area contributed by atoms with Gasteiger partial charge in [0.05, 0.1) is 0 Å². The van der Waals surface area contributed by atoms with Crippen molar-refractivity contribution in [1.82, 2.24) is 5.32 Å². The quantitative estimate of drug-likeness (QED) is 0.896. The second-order valence-corrected chi connectivity index (χ2v) is 5.81. The first-order valence-electron chi connectivity index (χ1n) is 6.56. The highest BCUT2D eigenvalue weighted by atomic mass is 19.1. The van der Waals surface area contributed by atoms with Crippen molar-refractivity contribution in [3.63, 3.8) is 0 Å². The van der Waals surface area contributed by atoms with Gasteiger partial charge >= 0.3 is 12.1 Å². The van der Waals surface area contributed by atoms with Gasteiger partial charge in [-0.1, -0.05) is 6.07 Å². The average Bonchev–Trinajstić information content (AvgIpc) is 2.30. The fraction of sp³-hybridized carbons (Fsp3) is 0.467. The summed E-state index contributed by atoms with van der Waals surface area (Å²) in [6.45, 7) is 6.79. The molecule has 1 rings (SSSR count). The Labute approximate surface area is 123 Å². The van der Waals surface area contributed by atoms with Crippen LogP contribution in [0.15, 0.2) is 18.2 Å². The topological polar surface area (TPSA) is 75.6 Å². The number of alkyl carbamates (subject to hydrolysis) is 1. The van der Waals surface area contributed by atoms with E-state index >= 15 is 0 Å². The molecule has 1 amide bonds. The Morgan fingerprint density at radius 3 is 2.52 bits per heavy atom. The maximum Gasteiger partial charge on any atom is 0.408 e. The standard InChI is InChI=1S/C15H20FNO4/c1-9-5-6-11(16)7-10(9)8-12(13(18)19)17-14(20)21-15(2,3)4/h5-7,12H,8H2,1-4H3,(H,17,20)(H,18,19). The van der Waals surface area contributed by atoms with Crippen molar-refractivity contribution < 1.29 is 23.8 Å². The summed E-state index contributed by atoms with van der Waals surface area (Å²) in [5.41, 5.74) is 0.564. The fourth-order valence-corrected chi connectivity index (χ4v) is 1.73. The molecule has 0 bridgehead atoms. The van der Waals surface area contributed by atoms with Crippen LogP contribution >= 0.6 is 0 Å². The molecule has 0 aromatic heterocycles. The molecule has 2 N–H and O–H groups in total. The van der Waals surface area contributed by atoms with Crippen molar-refractivity contribution in [1.29, 1.82) is 0 Å². The lowest BCUT2D eigenvalue weighted by Crippen LogP contribution is -2.44. The molecule has 0 aliphatic heterocycles. The predicted molar refractivity (Wildman–Crippen MR) is 75.6 cm³/mol. The summed E-state index contributed by atoms with van der Waals surface area (Å²) in [5.74, 6) is -1.65. The summed E-state index contributed by atoms with van der Waals surface area (Å²) in [6, 6.07) is 2.95. The summed E-state index contributed by atoms with van der Waals surface area (Å²) >= 11 is 0. The van der Waals surface area contributed by atoms with E-state index in [9.17, 15) is 19.1 Å². The normalized spacial score (nSPS) is 12.6. The first-order chi connectivity index (χ1) is 9.58. The molecular weight excluding hydrogens is 277 g/mol. The monoisotopic (exact) mass is 297 g/mol. The van der Waals surface area contributed by atoms with Gasteiger partial charge in [0.1, 0.15) is 17.5 Å². The van der Waals surface area contributed by atoms with E-state index in [4.69, 9.17) is 4.74 Å². The number of amides is 1. The summed E-state index contributed by atoms with van der Waals surface area (Å²) in [7, 11) is 0. The van der Waals surface area contributed by atoms with E-state index in [2.05, 4.69) is 5.32 Å². The molecule has 1 aromatic rings. The summed E-state index contributed by atoms with van der Waals surface area (Å²) in [5, 5.41) is 11.5. The number of carboxylic acids is 1. The average molecular weight is 297 g/mol. The number of aryl methyl sites for hydroxylation is 1. The summed E-state index contributed by atoms with van der Waals surface area (Å²) < 4.78 is 18.2. The van der Waals surface area contributed by atoms with Crippen LogP contribution in [0.5, 0.6) is 0 Å².